The van der Waals surface area contributed by atoms with E-state index in [9.17, 15) is 14.9 Å². The van der Waals surface area contributed by atoms with Crippen molar-refractivity contribution in [3.63, 3.8) is 0 Å². The lowest BCUT2D eigenvalue weighted by Crippen LogP contribution is -2.11. The Balaban J connectivity index is 2.74. The first-order valence-electron chi connectivity index (χ1n) is 7.34. The molecule has 0 N–H and O–H groups in total. The minimum atomic E-state index is -0.616. The molecular weight excluding hydrogens is 316 g/mol. The Morgan fingerprint density at radius 2 is 1.79 bits per heavy atom. The number of aryl methyl sites for hydroxylation is 1. The monoisotopic (exact) mass is 334 g/mol. The van der Waals surface area contributed by atoms with E-state index in [1.54, 1.807) is 13.0 Å². The summed E-state index contributed by atoms with van der Waals surface area (Å²) in [6, 6.07) is 3.10. The maximum Gasteiger partial charge on any atom is 0.339 e. The molecule has 8 nitrogen and oxygen atoms in total. The molecule has 0 aliphatic heterocycles. The highest BCUT2D eigenvalue weighted by Crippen LogP contribution is 2.41. The summed E-state index contributed by atoms with van der Waals surface area (Å²) in [5, 5.41) is 12.3. The van der Waals surface area contributed by atoms with Crippen molar-refractivity contribution in [2.75, 3.05) is 14.2 Å². The summed E-state index contributed by atoms with van der Waals surface area (Å²) >= 11 is 0. The van der Waals surface area contributed by atoms with Crippen LogP contribution in [0.4, 0.5) is 5.69 Å². The zero-order valence-corrected chi connectivity index (χ0v) is 13.9. The van der Waals surface area contributed by atoms with E-state index in [2.05, 4.69) is 4.98 Å². The molecule has 2 aromatic rings. The van der Waals surface area contributed by atoms with Crippen LogP contribution in [0.3, 0.4) is 0 Å². The van der Waals surface area contributed by atoms with Crippen LogP contribution in [-0.2, 0) is 4.79 Å². The Kier molecular flexibility index (Phi) is 5.18. The molecular formula is C16H18N2O6. The lowest BCUT2D eigenvalue weighted by atomic mass is 10.1. The summed E-state index contributed by atoms with van der Waals surface area (Å²) in [5.74, 6) is -0.104. The number of rotatable bonds is 6. The van der Waals surface area contributed by atoms with Gasteiger partial charge in [-0.05, 0) is 25.5 Å². The summed E-state index contributed by atoms with van der Waals surface area (Å²) in [6.07, 6.45) is 0.728. The minimum Gasteiger partial charge on any atom is -0.493 e. The normalized spacial score (nSPS) is 10.5. The first-order valence-corrected chi connectivity index (χ1v) is 7.34. The molecule has 8 heteroatoms. The van der Waals surface area contributed by atoms with Crippen LogP contribution in [-0.4, -0.2) is 30.1 Å². The van der Waals surface area contributed by atoms with Crippen molar-refractivity contribution in [3.8, 4) is 17.4 Å². The van der Waals surface area contributed by atoms with Crippen LogP contribution in [0.2, 0.25) is 0 Å². The van der Waals surface area contributed by atoms with Gasteiger partial charge in [-0.15, -0.1) is 0 Å². The zero-order valence-electron chi connectivity index (χ0n) is 13.9. The lowest BCUT2D eigenvalue weighted by Gasteiger charge is -2.12. The SMILES string of the molecule is CCCC(=O)Oc1nc(C)c2cc(OC)c(OC)cc2c1[N+](=O)[O-]. The molecule has 2 rings (SSSR count). The van der Waals surface area contributed by atoms with E-state index < -0.39 is 10.9 Å². The molecule has 0 aliphatic carbocycles. The number of benzene rings is 1. The number of fused-ring (bicyclic) bond motifs is 1. The van der Waals surface area contributed by atoms with E-state index in [0.29, 0.717) is 29.0 Å². The van der Waals surface area contributed by atoms with E-state index in [1.807, 2.05) is 6.92 Å². The van der Waals surface area contributed by atoms with Crippen molar-refractivity contribution in [3.05, 3.63) is 27.9 Å². The van der Waals surface area contributed by atoms with Crippen LogP contribution >= 0.6 is 0 Å². The number of esters is 1. The smallest absolute Gasteiger partial charge is 0.339 e. The molecule has 0 radical (unpaired) electrons. The van der Waals surface area contributed by atoms with Crippen molar-refractivity contribution in [2.24, 2.45) is 0 Å². The highest BCUT2D eigenvalue weighted by molar-refractivity contribution is 5.97. The number of nitrogens with zero attached hydrogens (tertiary/aromatic N) is 2. The topological polar surface area (TPSA) is 101 Å². The van der Waals surface area contributed by atoms with Crippen molar-refractivity contribution < 1.29 is 23.9 Å². The van der Waals surface area contributed by atoms with Gasteiger partial charge in [0.2, 0.25) is 0 Å². The first-order chi connectivity index (χ1) is 11.4. The molecule has 0 saturated heterocycles. The average Bonchev–Trinajstić information content (AvgIpc) is 2.53. The quantitative estimate of drug-likeness (QED) is 0.454. The second kappa shape index (κ2) is 7.12. The van der Waals surface area contributed by atoms with Crippen LogP contribution < -0.4 is 14.2 Å². The molecule has 0 saturated carbocycles. The highest BCUT2D eigenvalue weighted by atomic mass is 16.6. The van der Waals surface area contributed by atoms with Crippen LogP contribution in [0.5, 0.6) is 17.4 Å². The number of methoxy groups -OCH3 is 2. The Morgan fingerprint density at radius 3 is 2.29 bits per heavy atom. The third-order valence-electron chi connectivity index (χ3n) is 3.49. The van der Waals surface area contributed by atoms with Crippen molar-refractivity contribution in [1.29, 1.82) is 0 Å². The van der Waals surface area contributed by atoms with E-state index in [1.165, 1.54) is 20.3 Å². The first kappa shape index (κ1) is 17.5. The molecule has 24 heavy (non-hydrogen) atoms. The minimum absolute atomic E-state index is 0.155. The van der Waals surface area contributed by atoms with Crippen molar-refractivity contribution in [2.45, 2.75) is 26.7 Å². The third kappa shape index (κ3) is 3.22. The zero-order chi connectivity index (χ0) is 17.9. The summed E-state index contributed by atoms with van der Waals surface area (Å²) in [5.41, 5.74) is 0.108. The van der Waals surface area contributed by atoms with Crippen LogP contribution in [0.25, 0.3) is 10.8 Å². The van der Waals surface area contributed by atoms with Gasteiger partial charge < -0.3 is 14.2 Å². The number of pyridine rings is 1. The Bertz CT molecular complexity index is 803. The Labute approximate surface area is 138 Å². The third-order valence-corrected chi connectivity index (χ3v) is 3.49. The van der Waals surface area contributed by atoms with Crippen LogP contribution in [0, 0.1) is 17.0 Å². The summed E-state index contributed by atoms with van der Waals surface area (Å²) in [4.78, 5) is 26.8. The van der Waals surface area contributed by atoms with E-state index in [0.717, 1.165) is 0 Å². The molecule has 128 valence electrons. The van der Waals surface area contributed by atoms with Gasteiger partial charge in [0.25, 0.3) is 0 Å². The molecule has 1 aromatic heterocycles. The van der Waals surface area contributed by atoms with Gasteiger partial charge in [-0.3, -0.25) is 14.9 Å². The molecule has 0 spiro atoms. The number of carbonyl (C=O) groups is 1. The maximum absolute atomic E-state index is 11.7. The van der Waals surface area contributed by atoms with Gasteiger partial charge in [-0.1, -0.05) is 6.92 Å². The fourth-order valence-corrected chi connectivity index (χ4v) is 2.37. The molecule has 0 bridgehead atoms. The van der Waals surface area contributed by atoms with Gasteiger partial charge >= 0.3 is 17.5 Å². The number of hydrogen-bond donors (Lipinski definition) is 0. The standard InChI is InChI=1S/C16H18N2O6/c1-5-6-14(19)24-16-15(18(20)21)11-8-13(23-4)12(22-3)7-10(11)9(2)17-16/h7-8H,5-6H2,1-4H3. The number of nitro groups is 1. The van der Waals surface area contributed by atoms with E-state index in [4.69, 9.17) is 14.2 Å². The highest BCUT2D eigenvalue weighted by Gasteiger charge is 2.26. The van der Waals surface area contributed by atoms with Crippen molar-refractivity contribution in [1.82, 2.24) is 4.98 Å². The predicted octanol–water partition coefficient (Wildman–Crippen LogP) is 3.17. The fraction of sp³-hybridized carbons (Fsp3) is 0.375. The maximum atomic E-state index is 11.7. The molecule has 1 heterocycles. The van der Waals surface area contributed by atoms with Gasteiger partial charge in [0, 0.05) is 17.5 Å². The Morgan fingerprint density at radius 1 is 1.21 bits per heavy atom. The number of carbonyl (C=O) groups excluding carboxylic acids is 1. The predicted molar refractivity (Wildman–Crippen MR) is 86.8 cm³/mol. The van der Waals surface area contributed by atoms with Gasteiger partial charge in [-0.2, -0.15) is 0 Å². The average molecular weight is 334 g/mol. The summed E-state index contributed by atoms with van der Waals surface area (Å²) < 4.78 is 15.5. The molecule has 0 unspecified atom stereocenters. The van der Waals surface area contributed by atoms with Gasteiger partial charge in [0.05, 0.1) is 24.5 Å². The van der Waals surface area contributed by atoms with Crippen molar-refractivity contribution >= 4 is 22.4 Å². The molecule has 0 fully saturated rings. The number of hydrogen-bond acceptors (Lipinski definition) is 7. The molecule has 0 aliphatic rings. The summed E-state index contributed by atoms with van der Waals surface area (Å²) in [6.45, 7) is 3.49. The molecule has 0 amide bonds. The largest absolute Gasteiger partial charge is 0.493 e. The summed E-state index contributed by atoms with van der Waals surface area (Å²) in [7, 11) is 2.91. The van der Waals surface area contributed by atoms with Crippen LogP contribution in [0.15, 0.2) is 12.1 Å². The number of aromatic nitrogens is 1. The van der Waals surface area contributed by atoms with E-state index >= 15 is 0 Å². The molecule has 1 aromatic carbocycles. The molecule has 0 atom stereocenters. The second-order valence-corrected chi connectivity index (χ2v) is 5.08. The fourth-order valence-electron chi connectivity index (χ4n) is 2.37. The van der Waals surface area contributed by atoms with Gasteiger partial charge in [0.15, 0.2) is 11.5 Å². The van der Waals surface area contributed by atoms with E-state index in [-0.39, 0.29) is 23.4 Å². The Hall–Kier alpha value is -2.90. The second-order valence-electron chi connectivity index (χ2n) is 5.08. The van der Waals surface area contributed by atoms with Gasteiger partial charge in [-0.25, -0.2) is 4.98 Å². The van der Waals surface area contributed by atoms with Crippen LogP contribution in [0.1, 0.15) is 25.5 Å². The number of ether oxygens (including phenoxy) is 3. The van der Waals surface area contributed by atoms with Gasteiger partial charge in [0.1, 0.15) is 0 Å². The lowest BCUT2D eigenvalue weighted by molar-refractivity contribution is -0.384.